The number of thioether (sulfide) groups is 1. The van der Waals surface area contributed by atoms with Gasteiger partial charge in [-0.3, -0.25) is 4.79 Å². The van der Waals surface area contributed by atoms with Gasteiger partial charge in [0.2, 0.25) is 0 Å². The summed E-state index contributed by atoms with van der Waals surface area (Å²) in [5.41, 5.74) is 2.66. The molecule has 34 heavy (non-hydrogen) atoms. The highest BCUT2D eigenvalue weighted by Gasteiger charge is 2.12. The van der Waals surface area contributed by atoms with Crippen molar-refractivity contribution in [2.24, 2.45) is 0 Å². The number of morpholine rings is 1. The van der Waals surface area contributed by atoms with E-state index >= 15 is 0 Å². The van der Waals surface area contributed by atoms with E-state index in [1.165, 1.54) is 23.3 Å². The highest BCUT2D eigenvalue weighted by Crippen LogP contribution is 2.24. The molecule has 2 aromatic heterocycles. The standard InChI is InChI=1S/C25H29N3O4S2/c1-31-24(30)22-11-10-20(34-22)5-3-2-4-16-33-25-26-21(17-23(29)27-25)18-6-8-19(9-7-18)28-12-14-32-15-13-28/h6-11,17H,2-5,12-16H2,1H3,(H,26,27,29). The average Bonchev–Trinajstić information content (AvgIpc) is 3.35. The highest BCUT2D eigenvalue weighted by molar-refractivity contribution is 7.99. The van der Waals surface area contributed by atoms with Gasteiger partial charge in [-0.2, -0.15) is 0 Å². The normalized spacial score (nSPS) is 13.7. The molecule has 180 valence electrons. The number of rotatable bonds is 10. The molecule has 0 aliphatic carbocycles. The maximum Gasteiger partial charge on any atom is 0.348 e. The zero-order valence-electron chi connectivity index (χ0n) is 19.2. The van der Waals surface area contributed by atoms with Crippen molar-refractivity contribution in [3.8, 4) is 11.3 Å². The van der Waals surface area contributed by atoms with E-state index in [1.807, 2.05) is 24.3 Å². The zero-order valence-corrected chi connectivity index (χ0v) is 20.9. The number of hydrogen-bond acceptors (Lipinski definition) is 8. The Kier molecular flexibility index (Phi) is 8.79. The van der Waals surface area contributed by atoms with Crippen molar-refractivity contribution in [3.05, 3.63) is 62.6 Å². The number of thiophene rings is 1. The number of anilines is 1. The number of aromatic nitrogens is 2. The van der Waals surface area contributed by atoms with Crippen LogP contribution in [-0.4, -0.2) is 55.1 Å². The third-order valence-corrected chi connectivity index (χ3v) is 7.70. The molecule has 1 N–H and O–H groups in total. The van der Waals surface area contributed by atoms with Crippen molar-refractivity contribution in [3.63, 3.8) is 0 Å². The number of aryl methyl sites for hydroxylation is 1. The predicted molar refractivity (Wildman–Crippen MR) is 137 cm³/mol. The quantitative estimate of drug-likeness (QED) is 0.188. The van der Waals surface area contributed by atoms with Gasteiger partial charge in [-0.15, -0.1) is 11.3 Å². The number of aromatic amines is 1. The minimum absolute atomic E-state index is 0.135. The van der Waals surface area contributed by atoms with Crippen molar-refractivity contribution in [2.45, 2.75) is 30.8 Å². The number of esters is 1. The molecule has 4 rings (SSSR count). The molecule has 0 atom stereocenters. The number of nitrogens with zero attached hydrogens (tertiary/aromatic N) is 2. The zero-order chi connectivity index (χ0) is 23.8. The number of carbonyl (C=O) groups excluding carboxylic acids is 1. The maximum atomic E-state index is 12.2. The van der Waals surface area contributed by atoms with Crippen LogP contribution >= 0.6 is 23.1 Å². The Hall–Kier alpha value is -2.62. The first-order valence-corrected chi connectivity index (χ1v) is 13.3. The van der Waals surface area contributed by atoms with Crippen LogP contribution in [0, 0.1) is 0 Å². The minimum atomic E-state index is -0.274. The first-order chi connectivity index (χ1) is 16.6. The van der Waals surface area contributed by atoms with Crippen molar-refractivity contribution >= 4 is 34.8 Å². The van der Waals surface area contributed by atoms with Crippen molar-refractivity contribution in [2.75, 3.05) is 44.1 Å². The van der Waals surface area contributed by atoms with Gasteiger partial charge in [0.05, 0.1) is 26.0 Å². The summed E-state index contributed by atoms with van der Waals surface area (Å²) in [5, 5.41) is 0.653. The Labute approximate surface area is 207 Å². The van der Waals surface area contributed by atoms with E-state index in [0.29, 0.717) is 15.7 Å². The van der Waals surface area contributed by atoms with E-state index in [1.54, 1.807) is 17.8 Å². The van der Waals surface area contributed by atoms with Crippen molar-refractivity contribution in [1.29, 1.82) is 0 Å². The molecule has 7 nitrogen and oxygen atoms in total. The first-order valence-electron chi connectivity index (χ1n) is 11.5. The van der Waals surface area contributed by atoms with Gasteiger partial charge >= 0.3 is 5.97 Å². The van der Waals surface area contributed by atoms with Crippen LogP contribution in [0.5, 0.6) is 0 Å². The highest BCUT2D eigenvalue weighted by atomic mass is 32.2. The number of unbranched alkanes of at least 4 members (excludes halogenated alkanes) is 2. The van der Waals surface area contributed by atoms with E-state index in [-0.39, 0.29) is 11.5 Å². The largest absolute Gasteiger partial charge is 0.465 e. The summed E-state index contributed by atoms with van der Waals surface area (Å²) in [4.78, 5) is 35.4. The molecule has 0 unspecified atom stereocenters. The SMILES string of the molecule is COC(=O)c1ccc(CCCCCSc2nc(-c3ccc(N4CCOCC4)cc3)cc(=O)[nH]2)s1. The van der Waals surface area contributed by atoms with E-state index < -0.39 is 0 Å². The van der Waals surface area contributed by atoms with Crippen LogP contribution in [0.3, 0.4) is 0 Å². The lowest BCUT2D eigenvalue weighted by atomic mass is 10.1. The molecule has 1 fully saturated rings. The smallest absolute Gasteiger partial charge is 0.348 e. The molecule has 3 aromatic rings. The van der Waals surface area contributed by atoms with Crippen LogP contribution in [0.2, 0.25) is 0 Å². The lowest BCUT2D eigenvalue weighted by Gasteiger charge is -2.28. The molecule has 1 aliphatic heterocycles. The van der Waals surface area contributed by atoms with Gasteiger partial charge in [-0.05, 0) is 43.5 Å². The lowest BCUT2D eigenvalue weighted by molar-refractivity contribution is 0.0606. The fraction of sp³-hybridized carbons (Fsp3) is 0.400. The topological polar surface area (TPSA) is 84.5 Å². The van der Waals surface area contributed by atoms with E-state index in [0.717, 1.165) is 69.0 Å². The summed E-state index contributed by atoms with van der Waals surface area (Å²) in [6.45, 7) is 3.29. The van der Waals surface area contributed by atoms with Gasteiger partial charge in [-0.25, -0.2) is 9.78 Å². The summed E-state index contributed by atoms with van der Waals surface area (Å²) in [5.74, 6) is 0.615. The number of hydrogen-bond donors (Lipinski definition) is 1. The summed E-state index contributed by atoms with van der Waals surface area (Å²) in [7, 11) is 1.40. The second kappa shape index (κ2) is 12.2. The Morgan fingerprint density at radius 2 is 1.94 bits per heavy atom. The molecule has 3 heterocycles. The second-order valence-electron chi connectivity index (χ2n) is 8.00. The van der Waals surface area contributed by atoms with Crippen LogP contribution < -0.4 is 10.5 Å². The Morgan fingerprint density at radius 1 is 1.15 bits per heavy atom. The minimum Gasteiger partial charge on any atom is -0.465 e. The third kappa shape index (κ3) is 6.71. The third-order valence-electron chi connectivity index (χ3n) is 5.61. The molecule has 0 amide bonds. The number of H-pyrrole nitrogens is 1. The summed E-state index contributed by atoms with van der Waals surface area (Å²) >= 11 is 3.08. The number of ether oxygens (including phenoxy) is 2. The van der Waals surface area contributed by atoms with Gasteiger partial charge in [0.25, 0.3) is 5.56 Å². The van der Waals surface area contributed by atoms with Gasteiger partial charge < -0.3 is 19.4 Å². The number of benzene rings is 1. The predicted octanol–water partition coefficient (Wildman–Crippen LogP) is 4.63. The molecule has 1 aliphatic rings. The number of nitrogens with one attached hydrogen (secondary N) is 1. The maximum absolute atomic E-state index is 12.2. The number of carbonyl (C=O) groups is 1. The van der Waals surface area contributed by atoms with Crippen molar-refractivity contribution in [1.82, 2.24) is 9.97 Å². The fourth-order valence-electron chi connectivity index (χ4n) is 3.79. The number of methoxy groups -OCH3 is 1. The van der Waals surface area contributed by atoms with Crippen LogP contribution in [0.25, 0.3) is 11.3 Å². The molecule has 1 saturated heterocycles. The Bertz CT molecular complexity index is 1140. The lowest BCUT2D eigenvalue weighted by Crippen LogP contribution is -2.36. The molecule has 0 radical (unpaired) electrons. The average molecular weight is 500 g/mol. The first kappa shape index (κ1) is 24.5. The van der Waals surface area contributed by atoms with Crippen molar-refractivity contribution < 1.29 is 14.3 Å². The molecular weight excluding hydrogens is 470 g/mol. The summed E-state index contributed by atoms with van der Waals surface area (Å²) < 4.78 is 10.2. The van der Waals surface area contributed by atoms with Gasteiger partial charge in [-0.1, -0.05) is 30.3 Å². The van der Waals surface area contributed by atoms with Gasteiger partial charge in [0.1, 0.15) is 4.88 Å². The van der Waals surface area contributed by atoms with E-state index in [9.17, 15) is 9.59 Å². The summed E-state index contributed by atoms with van der Waals surface area (Å²) in [6.07, 6.45) is 4.12. The Morgan fingerprint density at radius 3 is 2.71 bits per heavy atom. The van der Waals surface area contributed by atoms with Crippen LogP contribution in [0.1, 0.15) is 33.8 Å². The molecule has 9 heteroatoms. The molecule has 0 bridgehead atoms. The second-order valence-corrected chi connectivity index (χ2v) is 10.3. The molecular formula is C25H29N3O4S2. The van der Waals surface area contributed by atoms with Gasteiger partial charge in [0, 0.05) is 41.0 Å². The molecule has 0 spiro atoms. The van der Waals surface area contributed by atoms with E-state index in [4.69, 9.17) is 9.47 Å². The van der Waals surface area contributed by atoms with E-state index in [2.05, 4.69) is 27.0 Å². The summed E-state index contributed by atoms with van der Waals surface area (Å²) in [6, 6.07) is 13.6. The fourth-order valence-corrected chi connectivity index (χ4v) is 5.63. The van der Waals surface area contributed by atoms with Gasteiger partial charge in [0.15, 0.2) is 5.16 Å². The molecule has 1 aromatic carbocycles. The van der Waals surface area contributed by atoms with Crippen LogP contribution in [0.4, 0.5) is 5.69 Å². The monoisotopic (exact) mass is 499 g/mol. The van der Waals surface area contributed by atoms with Crippen LogP contribution in [0.15, 0.2) is 52.4 Å². The van der Waals surface area contributed by atoms with Crippen LogP contribution in [-0.2, 0) is 15.9 Å². The Balaban J connectivity index is 1.25. The molecule has 0 saturated carbocycles.